The summed E-state index contributed by atoms with van der Waals surface area (Å²) < 4.78 is 1.63. The van der Waals surface area contributed by atoms with Gasteiger partial charge < -0.3 is 10.2 Å². The van der Waals surface area contributed by atoms with Crippen molar-refractivity contribution < 1.29 is 9.59 Å². The zero-order valence-electron chi connectivity index (χ0n) is 17.3. The zero-order chi connectivity index (χ0) is 22.3. The SMILES string of the molecule is C[C@@H](c1ccc(Cl)cc1)n1nnc2c1NC(=O)C[C@]2(C)C(=O)N(C)c1ccc(Cl)cc1. The quantitative estimate of drug-likeness (QED) is 0.626. The Balaban J connectivity index is 1.72. The molecule has 1 N–H and O–H groups in total. The van der Waals surface area contributed by atoms with Crippen molar-refractivity contribution in [3.8, 4) is 0 Å². The minimum atomic E-state index is -1.16. The molecule has 2 amide bonds. The van der Waals surface area contributed by atoms with E-state index in [1.807, 2.05) is 19.1 Å². The lowest BCUT2D eigenvalue weighted by Crippen LogP contribution is -2.48. The number of hydrogen-bond acceptors (Lipinski definition) is 4. The first kappa shape index (κ1) is 21.3. The van der Waals surface area contributed by atoms with E-state index in [2.05, 4.69) is 15.6 Å². The van der Waals surface area contributed by atoms with Crippen LogP contribution in [0.2, 0.25) is 10.0 Å². The summed E-state index contributed by atoms with van der Waals surface area (Å²) in [5.41, 5.74) is 0.899. The summed E-state index contributed by atoms with van der Waals surface area (Å²) in [5, 5.41) is 12.7. The van der Waals surface area contributed by atoms with Gasteiger partial charge in [0.05, 0.1) is 6.04 Å². The Labute approximate surface area is 189 Å². The fraction of sp³-hybridized carbons (Fsp3) is 0.273. The Kier molecular flexibility index (Phi) is 5.49. The van der Waals surface area contributed by atoms with E-state index in [-0.39, 0.29) is 24.3 Å². The molecule has 0 unspecified atom stereocenters. The number of benzene rings is 2. The number of carbonyl (C=O) groups is 2. The number of hydrogen-bond donors (Lipinski definition) is 1. The number of carbonyl (C=O) groups excluding carboxylic acids is 2. The van der Waals surface area contributed by atoms with E-state index >= 15 is 0 Å². The number of aromatic nitrogens is 3. The highest BCUT2D eigenvalue weighted by atomic mass is 35.5. The normalized spacial score (nSPS) is 18.8. The van der Waals surface area contributed by atoms with Crippen LogP contribution in [0.1, 0.15) is 37.6 Å². The molecule has 0 bridgehead atoms. The third-order valence-corrected chi connectivity index (χ3v) is 6.20. The van der Waals surface area contributed by atoms with E-state index in [9.17, 15) is 9.59 Å². The van der Waals surface area contributed by atoms with E-state index in [0.29, 0.717) is 27.2 Å². The van der Waals surface area contributed by atoms with Crippen molar-refractivity contribution in [2.24, 2.45) is 0 Å². The van der Waals surface area contributed by atoms with Crippen LogP contribution in [-0.4, -0.2) is 33.9 Å². The van der Waals surface area contributed by atoms with E-state index in [1.54, 1.807) is 55.1 Å². The molecule has 3 aromatic rings. The smallest absolute Gasteiger partial charge is 0.239 e. The highest BCUT2D eigenvalue weighted by molar-refractivity contribution is 6.30. The van der Waals surface area contributed by atoms with Crippen LogP contribution in [0.3, 0.4) is 0 Å². The van der Waals surface area contributed by atoms with Crippen LogP contribution < -0.4 is 10.2 Å². The molecule has 9 heteroatoms. The van der Waals surface area contributed by atoms with E-state index in [1.165, 1.54) is 4.90 Å². The monoisotopic (exact) mass is 457 g/mol. The molecule has 0 saturated carbocycles. The van der Waals surface area contributed by atoms with E-state index in [4.69, 9.17) is 23.2 Å². The molecular weight excluding hydrogens is 437 g/mol. The molecule has 7 nitrogen and oxygen atoms in total. The molecule has 2 heterocycles. The molecule has 0 radical (unpaired) electrons. The summed E-state index contributed by atoms with van der Waals surface area (Å²) in [6.07, 6.45) is -0.0230. The Morgan fingerprint density at radius 2 is 1.71 bits per heavy atom. The second kappa shape index (κ2) is 7.98. The van der Waals surface area contributed by atoms with Crippen LogP contribution in [-0.2, 0) is 15.0 Å². The Hall–Kier alpha value is -2.90. The molecule has 0 fully saturated rings. The van der Waals surface area contributed by atoms with Crippen molar-refractivity contribution in [3.63, 3.8) is 0 Å². The lowest BCUT2D eigenvalue weighted by Gasteiger charge is -2.34. The summed E-state index contributed by atoms with van der Waals surface area (Å²) in [4.78, 5) is 27.7. The summed E-state index contributed by atoms with van der Waals surface area (Å²) in [7, 11) is 1.67. The van der Waals surface area contributed by atoms with E-state index < -0.39 is 5.41 Å². The number of amides is 2. The van der Waals surface area contributed by atoms with Crippen LogP contribution in [0.25, 0.3) is 0 Å². The lowest BCUT2D eigenvalue weighted by molar-refractivity contribution is -0.128. The second-order valence-electron chi connectivity index (χ2n) is 7.86. The van der Waals surface area contributed by atoms with Gasteiger partial charge in [0.15, 0.2) is 5.82 Å². The van der Waals surface area contributed by atoms with Gasteiger partial charge in [0.25, 0.3) is 0 Å². The van der Waals surface area contributed by atoms with Crippen molar-refractivity contribution in [3.05, 3.63) is 69.8 Å². The molecule has 4 rings (SSSR count). The molecular formula is C22H21Cl2N5O2. The standard InChI is InChI=1S/C22H21Cl2N5O2/c1-13(14-4-6-15(23)7-5-14)29-20-19(26-27-29)22(2,12-18(30)25-20)21(31)28(3)17-10-8-16(24)9-11-17/h4-11,13H,12H2,1-3H3,(H,25,30)/t13-,22-/m0/s1. The van der Waals surface area contributed by atoms with Crippen molar-refractivity contribution in [1.29, 1.82) is 0 Å². The number of fused-ring (bicyclic) bond motifs is 1. The number of likely N-dealkylation sites (N-methyl/N-ethyl adjacent to an activating group) is 1. The Bertz CT molecular complexity index is 1140. The van der Waals surface area contributed by atoms with Gasteiger partial charge in [0, 0.05) is 29.2 Å². The van der Waals surface area contributed by atoms with Gasteiger partial charge >= 0.3 is 0 Å². The highest BCUT2D eigenvalue weighted by Crippen LogP contribution is 2.39. The third-order valence-electron chi connectivity index (χ3n) is 5.70. The number of nitrogens with zero attached hydrogens (tertiary/aromatic N) is 4. The predicted octanol–water partition coefficient (Wildman–Crippen LogP) is 4.46. The number of anilines is 2. The van der Waals surface area contributed by atoms with Crippen LogP contribution in [0.5, 0.6) is 0 Å². The molecule has 0 saturated heterocycles. The third kappa shape index (κ3) is 3.79. The average molecular weight is 458 g/mol. The summed E-state index contributed by atoms with van der Waals surface area (Å²) in [6, 6.07) is 14.1. The molecule has 0 aliphatic carbocycles. The van der Waals surface area contributed by atoms with Crippen LogP contribution >= 0.6 is 23.2 Å². The maximum atomic E-state index is 13.5. The maximum absolute atomic E-state index is 13.5. The fourth-order valence-corrected chi connectivity index (χ4v) is 4.10. The molecule has 31 heavy (non-hydrogen) atoms. The van der Waals surface area contributed by atoms with Gasteiger partial charge in [0.1, 0.15) is 11.1 Å². The molecule has 0 spiro atoms. The van der Waals surface area contributed by atoms with Gasteiger partial charge in [-0.1, -0.05) is 40.5 Å². The first-order valence-corrected chi connectivity index (χ1v) is 10.5. The topological polar surface area (TPSA) is 80.1 Å². The van der Waals surface area contributed by atoms with Gasteiger partial charge in [-0.05, 0) is 55.8 Å². The molecule has 2 aromatic carbocycles. The first-order valence-electron chi connectivity index (χ1n) is 9.75. The first-order chi connectivity index (χ1) is 14.7. The predicted molar refractivity (Wildman–Crippen MR) is 121 cm³/mol. The molecule has 1 aliphatic heterocycles. The lowest BCUT2D eigenvalue weighted by atomic mass is 9.79. The van der Waals surface area contributed by atoms with Crippen molar-refractivity contribution in [1.82, 2.24) is 15.0 Å². The number of rotatable bonds is 4. The van der Waals surface area contributed by atoms with Gasteiger partial charge in [-0.15, -0.1) is 5.10 Å². The second-order valence-corrected chi connectivity index (χ2v) is 8.73. The van der Waals surface area contributed by atoms with Gasteiger partial charge in [0.2, 0.25) is 11.8 Å². The molecule has 2 atom stereocenters. The molecule has 160 valence electrons. The molecule has 1 aliphatic rings. The van der Waals surface area contributed by atoms with Gasteiger partial charge in [-0.2, -0.15) is 0 Å². The number of halogens is 2. The zero-order valence-corrected chi connectivity index (χ0v) is 18.8. The summed E-state index contributed by atoms with van der Waals surface area (Å²) in [5.74, 6) is -0.0871. The minimum Gasteiger partial charge on any atom is -0.315 e. The highest BCUT2D eigenvalue weighted by Gasteiger charge is 2.48. The van der Waals surface area contributed by atoms with Gasteiger partial charge in [-0.25, -0.2) is 4.68 Å². The van der Waals surface area contributed by atoms with Crippen LogP contribution in [0.15, 0.2) is 48.5 Å². The minimum absolute atomic E-state index is 0.0230. The van der Waals surface area contributed by atoms with Crippen LogP contribution in [0.4, 0.5) is 11.5 Å². The largest absolute Gasteiger partial charge is 0.315 e. The fourth-order valence-electron chi connectivity index (χ4n) is 3.85. The van der Waals surface area contributed by atoms with Gasteiger partial charge in [-0.3, -0.25) is 9.59 Å². The van der Waals surface area contributed by atoms with Crippen molar-refractivity contribution >= 4 is 46.5 Å². The maximum Gasteiger partial charge on any atom is 0.239 e. The average Bonchev–Trinajstić information content (AvgIpc) is 3.17. The Morgan fingerprint density at radius 1 is 1.13 bits per heavy atom. The van der Waals surface area contributed by atoms with E-state index in [0.717, 1.165) is 5.56 Å². The number of nitrogens with one attached hydrogen (secondary N) is 1. The van der Waals surface area contributed by atoms with Crippen LogP contribution in [0, 0.1) is 0 Å². The summed E-state index contributed by atoms with van der Waals surface area (Å²) >= 11 is 12.0. The molecule has 1 aromatic heterocycles. The Morgan fingerprint density at radius 3 is 2.32 bits per heavy atom. The van der Waals surface area contributed by atoms with Crippen molar-refractivity contribution in [2.75, 3.05) is 17.3 Å². The van der Waals surface area contributed by atoms with Crippen molar-refractivity contribution in [2.45, 2.75) is 31.7 Å². The summed E-state index contributed by atoms with van der Waals surface area (Å²) in [6.45, 7) is 3.67.